The second-order valence-electron chi connectivity index (χ2n) is 1.01. The number of nitrogens with one attached hydrogen (secondary N) is 1. The monoisotopic (exact) mass is 259 g/mol. The molecule has 0 radical (unpaired) electrons. The van der Waals surface area contributed by atoms with Crippen molar-refractivity contribution < 1.29 is 0 Å². The summed E-state index contributed by atoms with van der Waals surface area (Å²) in [5, 5.41) is 1.71. The highest BCUT2D eigenvalue weighted by atomic mass is 79.9. The van der Waals surface area contributed by atoms with Gasteiger partial charge in [0, 0.05) is 5.38 Å². The fourth-order valence-electron chi connectivity index (χ4n) is 0.237. The van der Waals surface area contributed by atoms with Gasteiger partial charge in [0.15, 0.2) is 0 Å². The molecule has 8 heavy (non-hydrogen) atoms. The molecule has 1 N–H and O–H groups in total. The number of aromatic nitrogens is 1. The Kier molecular flexibility index (Phi) is 3.59. The van der Waals surface area contributed by atoms with Crippen molar-refractivity contribution in [3.05, 3.63) is 20.2 Å². The predicted molar refractivity (Wildman–Crippen MR) is 43.0 cm³/mol. The van der Waals surface area contributed by atoms with Crippen LogP contribution in [-0.2, 0) is 0 Å². The molecular weight excluding hydrogens is 258 g/mol. The van der Waals surface area contributed by atoms with Crippen molar-refractivity contribution in [2.24, 2.45) is 0 Å². The van der Waals surface area contributed by atoms with Gasteiger partial charge in [-0.2, -0.15) is 0 Å². The molecule has 0 aliphatic heterocycles. The van der Waals surface area contributed by atoms with E-state index in [1.54, 1.807) is 5.38 Å². The van der Waals surface area contributed by atoms with Gasteiger partial charge in [-0.3, -0.25) is 9.17 Å². The summed E-state index contributed by atoms with van der Waals surface area (Å²) in [6, 6.07) is 0. The van der Waals surface area contributed by atoms with Crippen molar-refractivity contribution in [3.63, 3.8) is 0 Å². The summed E-state index contributed by atoms with van der Waals surface area (Å²) in [6.07, 6.45) is 0. The molecule has 0 bridgehead atoms. The molecule has 0 aromatic carbocycles. The highest BCUT2D eigenvalue weighted by Gasteiger charge is 1.89. The lowest BCUT2D eigenvalue weighted by molar-refractivity contribution is 1.40. The van der Waals surface area contributed by atoms with E-state index < -0.39 is 0 Å². The van der Waals surface area contributed by atoms with Gasteiger partial charge in [-0.1, -0.05) is 11.5 Å². The van der Waals surface area contributed by atoms with E-state index in [1.807, 2.05) is 0 Å². The van der Waals surface area contributed by atoms with Crippen molar-refractivity contribution in [2.75, 3.05) is 0 Å². The first-order chi connectivity index (χ1) is 3.30. The Morgan fingerprint density at radius 3 is 2.50 bits per heavy atom. The summed E-state index contributed by atoms with van der Waals surface area (Å²) in [5.41, 5.74) is -0.0509. The van der Waals surface area contributed by atoms with Gasteiger partial charge >= 0.3 is 0 Å². The number of rotatable bonds is 0. The normalized spacial score (nSPS) is 8.12. The zero-order valence-corrected chi connectivity index (χ0v) is 7.80. The summed E-state index contributed by atoms with van der Waals surface area (Å²) in [5.74, 6) is 0. The zero-order valence-electron chi connectivity index (χ0n) is 3.68. The third-order valence-corrected chi connectivity index (χ3v) is 2.08. The van der Waals surface area contributed by atoms with Crippen LogP contribution in [-0.4, -0.2) is 4.37 Å². The molecule has 0 saturated heterocycles. The Morgan fingerprint density at radius 2 is 2.38 bits per heavy atom. The molecule has 0 amide bonds. The lowest BCUT2D eigenvalue weighted by Gasteiger charge is -1.61. The van der Waals surface area contributed by atoms with Crippen LogP contribution < -0.4 is 5.56 Å². The minimum Gasteiger partial charge on any atom is -0.277 e. The van der Waals surface area contributed by atoms with Gasteiger partial charge < -0.3 is 0 Å². The number of aromatic amines is 1. The van der Waals surface area contributed by atoms with Crippen LogP contribution in [0.1, 0.15) is 0 Å². The lowest BCUT2D eigenvalue weighted by atomic mass is 10.8. The van der Waals surface area contributed by atoms with E-state index in [0.29, 0.717) is 4.47 Å². The number of halogens is 2. The quantitative estimate of drug-likeness (QED) is 0.758. The fraction of sp³-hybridized carbons (Fsp3) is 0. The Morgan fingerprint density at radius 1 is 1.75 bits per heavy atom. The summed E-state index contributed by atoms with van der Waals surface area (Å²) in [4.78, 5) is 10.3. The number of hydrogen-bond acceptors (Lipinski definition) is 2. The van der Waals surface area contributed by atoms with E-state index in [9.17, 15) is 4.79 Å². The number of H-pyrrole nitrogens is 1. The van der Waals surface area contributed by atoms with Gasteiger partial charge in [0.2, 0.25) is 0 Å². The summed E-state index contributed by atoms with van der Waals surface area (Å²) < 4.78 is 3.12. The molecule has 0 fully saturated rings. The first-order valence-electron chi connectivity index (χ1n) is 1.62. The molecule has 0 atom stereocenters. The maximum Gasteiger partial charge on any atom is 0.272 e. The van der Waals surface area contributed by atoms with Crippen molar-refractivity contribution in [1.29, 1.82) is 0 Å². The van der Waals surface area contributed by atoms with E-state index in [0.717, 1.165) is 0 Å². The smallest absolute Gasteiger partial charge is 0.272 e. The third-order valence-electron chi connectivity index (χ3n) is 0.531. The zero-order chi connectivity index (χ0) is 5.28. The highest BCUT2D eigenvalue weighted by Crippen LogP contribution is 2.01. The predicted octanol–water partition coefficient (Wildman–Crippen LogP) is 1.78. The van der Waals surface area contributed by atoms with E-state index in [-0.39, 0.29) is 22.5 Å². The van der Waals surface area contributed by atoms with Gasteiger partial charge in [-0.05, 0) is 15.9 Å². The van der Waals surface area contributed by atoms with Crippen LogP contribution in [0.15, 0.2) is 14.6 Å². The molecule has 2 nitrogen and oxygen atoms in total. The third kappa shape index (κ3) is 1.72. The SMILES string of the molecule is Br.O=c1[nH]scc1Br. The van der Waals surface area contributed by atoms with E-state index >= 15 is 0 Å². The van der Waals surface area contributed by atoms with Crippen LogP contribution in [0.3, 0.4) is 0 Å². The van der Waals surface area contributed by atoms with Crippen molar-refractivity contribution in [2.45, 2.75) is 0 Å². The van der Waals surface area contributed by atoms with Gasteiger partial charge in [0.25, 0.3) is 5.56 Å². The highest BCUT2D eigenvalue weighted by molar-refractivity contribution is 9.10. The minimum atomic E-state index is -0.0509. The second-order valence-corrected chi connectivity index (χ2v) is 2.54. The van der Waals surface area contributed by atoms with Gasteiger partial charge in [0.05, 0.1) is 4.47 Å². The minimum absolute atomic E-state index is 0. The van der Waals surface area contributed by atoms with Gasteiger partial charge in [0.1, 0.15) is 0 Å². The van der Waals surface area contributed by atoms with Crippen LogP contribution in [0.4, 0.5) is 0 Å². The van der Waals surface area contributed by atoms with Gasteiger partial charge in [-0.25, -0.2) is 0 Å². The summed E-state index contributed by atoms with van der Waals surface area (Å²) >= 11 is 4.31. The van der Waals surface area contributed by atoms with Crippen molar-refractivity contribution in [1.82, 2.24) is 4.37 Å². The Bertz CT molecular complexity index is 205. The standard InChI is InChI=1S/C3H2BrNOS.BrH/c4-2-1-7-5-3(2)6;/h1H,(H,5,6);1H. The van der Waals surface area contributed by atoms with Crippen LogP contribution >= 0.6 is 44.4 Å². The molecule has 0 aliphatic carbocycles. The van der Waals surface area contributed by atoms with E-state index in [4.69, 9.17) is 0 Å². The largest absolute Gasteiger partial charge is 0.277 e. The Balaban J connectivity index is 0.000000490. The summed E-state index contributed by atoms with van der Waals surface area (Å²) in [7, 11) is 0. The van der Waals surface area contributed by atoms with Crippen molar-refractivity contribution in [3.8, 4) is 0 Å². The summed E-state index contributed by atoms with van der Waals surface area (Å²) in [6.45, 7) is 0. The molecule has 46 valence electrons. The first-order valence-corrected chi connectivity index (χ1v) is 3.29. The Labute approximate surface area is 69.0 Å². The van der Waals surface area contributed by atoms with Crippen LogP contribution in [0.5, 0.6) is 0 Å². The van der Waals surface area contributed by atoms with Crippen molar-refractivity contribution >= 4 is 44.4 Å². The molecule has 0 spiro atoms. The van der Waals surface area contributed by atoms with Gasteiger partial charge in [-0.15, -0.1) is 17.0 Å². The molecule has 1 heterocycles. The fourth-order valence-corrected chi connectivity index (χ4v) is 1.23. The molecule has 5 heteroatoms. The molecular formula is C3H3Br2NOS. The first kappa shape index (κ1) is 8.39. The molecule has 0 saturated carbocycles. The lowest BCUT2D eigenvalue weighted by Crippen LogP contribution is -1.95. The number of hydrogen-bond donors (Lipinski definition) is 1. The maximum atomic E-state index is 10.3. The van der Waals surface area contributed by atoms with E-state index in [2.05, 4.69) is 20.3 Å². The molecule has 1 aromatic heterocycles. The second kappa shape index (κ2) is 3.42. The molecule has 0 unspecified atom stereocenters. The average Bonchev–Trinajstić information content (AvgIpc) is 1.91. The van der Waals surface area contributed by atoms with Crippen LogP contribution in [0.2, 0.25) is 0 Å². The Hall–Kier alpha value is 0.390. The molecule has 0 aliphatic rings. The average molecular weight is 261 g/mol. The van der Waals surface area contributed by atoms with Crippen LogP contribution in [0, 0.1) is 0 Å². The topological polar surface area (TPSA) is 32.9 Å². The van der Waals surface area contributed by atoms with E-state index in [1.165, 1.54) is 11.5 Å². The maximum absolute atomic E-state index is 10.3. The molecule has 1 aromatic rings. The molecule has 1 rings (SSSR count). The van der Waals surface area contributed by atoms with Crippen LogP contribution in [0.25, 0.3) is 0 Å².